The molecule has 0 aromatic heterocycles. The topological polar surface area (TPSA) is 0 Å². The van der Waals surface area contributed by atoms with Gasteiger partial charge in [-0.1, -0.05) is 0 Å². The Morgan fingerprint density at radius 2 is 1.67 bits per heavy atom. The van der Waals surface area contributed by atoms with E-state index in [1.165, 1.54) is 0 Å². The van der Waals surface area contributed by atoms with Crippen LogP contribution in [0.25, 0.3) is 0 Å². The zero-order chi connectivity index (χ0) is 5.41. The van der Waals surface area contributed by atoms with Crippen molar-refractivity contribution in [2.75, 3.05) is 5.88 Å². The lowest BCUT2D eigenvalue weighted by atomic mass is 11.0. The van der Waals surface area contributed by atoms with Crippen molar-refractivity contribution in [1.29, 1.82) is 0 Å². The van der Waals surface area contributed by atoms with Crippen molar-refractivity contribution in [2.45, 2.75) is 0 Å². The molecule has 0 fully saturated rings. The summed E-state index contributed by atoms with van der Waals surface area (Å²) in [6, 6.07) is 0. The highest BCUT2D eigenvalue weighted by molar-refractivity contribution is 9.47. The van der Waals surface area contributed by atoms with Gasteiger partial charge in [0.15, 0.2) is 0 Å². The predicted octanol–water partition coefficient (Wildman–Crippen LogP) is 2.37. The zero-order valence-electron chi connectivity index (χ0n) is 3.26. The third kappa shape index (κ3) is 37.2. The molecule has 0 heterocycles. The molecule has 0 spiro atoms. The minimum absolute atomic E-state index is 0.0417. The molecule has 0 aliphatic heterocycles. The molecule has 0 atom stereocenters. The first kappa shape index (κ1) is 10.9. The van der Waals surface area contributed by atoms with Crippen LogP contribution in [0.3, 0.4) is 0 Å². The third-order valence-corrected chi connectivity index (χ3v) is 0. The van der Waals surface area contributed by atoms with Gasteiger partial charge in [-0.2, -0.15) is 0 Å². The first-order valence-corrected chi connectivity index (χ1v) is 9.63. The molecule has 0 saturated heterocycles. The van der Waals surface area contributed by atoms with E-state index >= 15 is 0 Å². The van der Waals surface area contributed by atoms with Crippen molar-refractivity contribution in [1.82, 2.24) is 0 Å². The van der Waals surface area contributed by atoms with Crippen LogP contribution in [-0.4, -0.2) is 21.9 Å². The molecule has 0 aliphatic rings. The SMILES string of the molecule is [Br][Mg][Br].[CH2]CCl. The number of rotatable bonds is 0. The molecule has 1 radical (unpaired) electrons. The van der Waals surface area contributed by atoms with Gasteiger partial charge in [0, 0.05) is 5.88 Å². The van der Waals surface area contributed by atoms with Gasteiger partial charge < -0.3 is 0 Å². The van der Waals surface area contributed by atoms with Gasteiger partial charge in [-0.05, 0) is 6.92 Å². The summed E-state index contributed by atoms with van der Waals surface area (Å²) in [7, 11) is 0. The Morgan fingerprint density at radius 3 is 1.67 bits per heavy atom. The van der Waals surface area contributed by atoms with E-state index in [1.54, 1.807) is 0 Å². The molecule has 0 N–H and O–H groups in total. The molecule has 0 aromatic carbocycles. The number of hydrogen-bond donors (Lipinski definition) is 0. The highest BCUT2D eigenvalue weighted by atomic mass is 79.9. The Balaban J connectivity index is 0. The van der Waals surface area contributed by atoms with E-state index in [4.69, 9.17) is 11.6 Å². The zero-order valence-corrected chi connectivity index (χ0v) is 8.60. The maximum absolute atomic E-state index is 4.89. The van der Waals surface area contributed by atoms with Gasteiger partial charge in [0.05, 0.1) is 0 Å². The molecule has 0 nitrogen and oxygen atoms in total. The van der Waals surface area contributed by atoms with Crippen molar-refractivity contribution in [2.24, 2.45) is 0 Å². The molecule has 6 heavy (non-hydrogen) atoms. The van der Waals surface area contributed by atoms with Gasteiger partial charge in [0.2, 0.25) is 0 Å². The van der Waals surface area contributed by atoms with Crippen LogP contribution in [0.15, 0.2) is 0 Å². The largest absolute Gasteiger partial charge is 0.560 e. The second kappa shape index (κ2) is 15.7. The lowest BCUT2D eigenvalue weighted by Crippen LogP contribution is -1.37. The van der Waals surface area contributed by atoms with Crippen LogP contribution in [-0.2, 0) is 0 Å². The first-order valence-electron chi connectivity index (χ1n) is 1.30. The van der Waals surface area contributed by atoms with E-state index in [9.17, 15) is 0 Å². The van der Waals surface area contributed by atoms with Crippen molar-refractivity contribution in [3.63, 3.8) is 0 Å². The number of hydrogen-bond acceptors (Lipinski definition) is 0. The molecule has 0 bridgehead atoms. The normalized spacial score (nSPS) is 4.67. The van der Waals surface area contributed by atoms with Gasteiger partial charge in [-0.25, -0.2) is 0 Å². The second-order valence-electron chi connectivity index (χ2n) is 0.290. The van der Waals surface area contributed by atoms with Gasteiger partial charge in [0.25, 0.3) is 0 Å². The van der Waals surface area contributed by atoms with Crippen LogP contribution in [0.1, 0.15) is 0 Å². The van der Waals surface area contributed by atoms with E-state index in [1.807, 2.05) is 0 Å². The summed E-state index contributed by atoms with van der Waals surface area (Å²) in [5.41, 5.74) is 0. The summed E-state index contributed by atoms with van der Waals surface area (Å²) in [6.07, 6.45) is 0. The monoisotopic (exact) mass is 245 g/mol. The standard InChI is InChI=1S/C2H4Cl.2BrH.Mg/c1-2-3;;;/h1-2H2;2*1H;/q;;;+2/p-2. The smallest absolute Gasteiger partial charge is 0.280 e. The van der Waals surface area contributed by atoms with E-state index < -0.39 is 0 Å². The lowest BCUT2D eigenvalue weighted by Gasteiger charge is -1.45. The summed E-state index contributed by atoms with van der Waals surface area (Å²) in [4.78, 5) is 0. The summed E-state index contributed by atoms with van der Waals surface area (Å²) in [5.74, 6) is 0.472. The quantitative estimate of drug-likeness (QED) is 0.455. The third-order valence-electron chi connectivity index (χ3n) is 0. The van der Waals surface area contributed by atoms with Crippen LogP contribution in [0.2, 0.25) is 0 Å². The molecule has 4 heteroatoms. The Labute approximate surface area is 65.5 Å². The second-order valence-corrected chi connectivity index (χ2v) is 8.75. The average Bonchev–Trinajstić information content (AvgIpc) is 1.39. The Kier molecular flexibility index (Phi) is 28.6. The fraction of sp³-hybridized carbons (Fsp3) is 0.500. The molecular formula is C2H4Br2ClMg. The Bertz CT molecular complexity index is 13.5. The van der Waals surface area contributed by atoms with Crippen LogP contribution in [0, 0.1) is 6.92 Å². The predicted molar refractivity (Wildman–Crippen MR) is 39.7 cm³/mol. The van der Waals surface area contributed by atoms with E-state index in [2.05, 4.69) is 32.7 Å². The average molecular weight is 248 g/mol. The highest BCUT2D eigenvalue weighted by Crippen LogP contribution is 1.77. The van der Waals surface area contributed by atoms with Crippen molar-refractivity contribution in [3.05, 3.63) is 6.92 Å². The van der Waals surface area contributed by atoms with Crippen LogP contribution < -0.4 is 0 Å². The summed E-state index contributed by atoms with van der Waals surface area (Å²) in [6.45, 7) is 3.25. The molecule has 0 rings (SSSR count). The molecule has 0 aliphatic carbocycles. The van der Waals surface area contributed by atoms with Crippen LogP contribution in [0.4, 0.5) is 0 Å². The number of halogens is 3. The van der Waals surface area contributed by atoms with Crippen molar-refractivity contribution >= 4 is 53.4 Å². The Morgan fingerprint density at radius 1 is 1.67 bits per heavy atom. The van der Waals surface area contributed by atoms with E-state index in [-0.39, 0.29) is 16.0 Å². The maximum Gasteiger partial charge on any atom is 0.560 e. The van der Waals surface area contributed by atoms with Crippen LogP contribution >= 0.6 is 37.4 Å². The lowest BCUT2D eigenvalue weighted by molar-refractivity contribution is 1.81. The van der Waals surface area contributed by atoms with Gasteiger partial charge in [-0.3, -0.25) is 25.8 Å². The molecule has 0 aromatic rings. The van der Waals surface area contributed by atoms with Crippen molar-refractivity contribution < 1.29 is 0 Å². The van der Waals surface area contributed by atoms with Gasteiger partial charge in [-0.15, -0.1) is 11.6 Å². The first-order chi connectivity index (χ1) is 2.83. The van der Waals surface area contributed by atoms with E-state index in [0.717, 1.165) is 0 Å². The summed E-state index contributed by atoms with van der Waals surface area (Å²) in [5, 5.41) is 0. The van der Waals surface area contributed by atoms with Crippen molar-refractivity contribution in [3.8, 4) is 0 Å². The molecule has 0 unspecified atom stereocenters. The summed E-state index contributed by atoms with van der Waals surface area (Å²) < 4.78 is 0. The number of alkyl halides is 1. The van der Waals surface area contributed by atoms with Crippen LogP contribution in [0.5, 0.6) is 0 Å². The molecule has 0 saturated carbocycles. The fourth-order valence-corrected chi connectivity index (χ4v) is 0. The molecule has 35 valence electrons. The minimum Gasteiger partial charge on any atom is -0.280 e. The maximum atomic E-state index is 4.89. The highest BCUT2D eigenvalue weighted by Gasteiger charge is 1.62. The fourth-order valence-electron chi connectivity index (χ4n) is 0. The molecule has 0 amide bonds. The molecular weight excluding hydrogens is 244 g/mol. The van der Waals surface area contributed by atoms with Gasteiger partial charge >= 0.3 is 16.0 Å². The minimum atomic E-state index is 0.0417. The van der Waals surface area contributed by atoms with E-state index in [0.29, 0.717) is 5.88 Å². The summed E-state index contributed by atoms with van der Waals surface area (Å²) >= 11 is 11.3. The Hall–Kier alpha value is 2.02. The van der Waals surface area contributed by atoms with Gasteiger partial charge in [0.1, 0.15) is 0 Å².